The summed E-state index contributed by atoms with van der Waals surface area (Å²) in [5.74, 6) is -0.926. The SMILES string of the molecule is CC(C)(C)N1C(=O)OCC1(C)CC(=O)O. The van der Waals surface area contributed by atoms with Gasteiger partial charge in [0.25, 0.3) is 0 Å². The molecule has 5 nitrogen and oxygen atoms in total. The molecular formula is C10H17NO4. The molecule has 1 atom stereocenters. The molecule has 1 N–H and O–H groups in total. The van der Waals surface area contributed by atoms with E-state index in [1.807, 2.05) is 20.8 Å². The van der Waals surface area contributed by atoms with E-state index in [9.17, 15) is 9.59 Å². The zero-order valence-electron chi connectivity index (χ0n) is 9.53. The Morgan fingerprint density at radius 1 is 1.60 bits per heavy atom. The smallest absolute Gasteiger partial charge is 0.410 e. The normalized spacial score (nSPS) is 26.7. The first kappa shape index (κ1) is 11.8. The van der Waals surface area contributed by atoms with Gasteiger partial charge in [0.2, 0.25) is 0 Å². The topological polar surface area (TPSA) is 66.8 Å². The highest BCUT2D eigenvalue weighted by Crippen LogP contribution is 2.34. The first-order valence-electron chi connectivity index (χ1n) is 4.86. The molecule has 1 unspecified atom stereocenters. The summed E-state index contributed by atoms with van der Waals surface area (Å²) in [4.78, 5) is 23.8. The first-order chi connectivity index (χ1) is 6.67. The second-order valence-corrected chi connectivity index (χ2v) is 5.13. The largest absolute Gasteiger partial charge is 0.481 e. The number of carbonyl (C=O) groups excluding carboxylic acids is 1. The van der Waals surface area contributed by atoms with E-state index in [1.54, 1.807) is 6.92 Å². The maximum Gasteiger partial charge on any atom is 0.410 e. The molecule has 0 aromatic carbocycles. The number of carboxylic acid groups (broad SMARTS) is 1. The Labute approximate surface area is 89.0 Å². The van der Waals surface area contributed by atoms with Crippen molar-refractivity contribution in [1.82, 2.24) is 4.90 Å². The lowest BCUT2D eigenvalue weighted by Crippen LogP contribution is -2.55. The van der Waals surface area contributed by atoms with Gasteiger partial charge in [0, 0.05) is 5.54 Å². The number of aliphatic carboxylic acids is 1. The van der Waals surface area contributed by atoms with Gasteiger partial charge < -0.3 is 9.84 Å². The van der Waals surface area contributed by atoms with E-state index in [0.717, 1.165) is 0 Å². The van der Waals surface area contributed by atoms with E-state index >= 15 is 0 Å². The number of hydrogen-bond donors (Lipinski definition) is 1. The molecule has 1 saturated heterocycles. The predicted octanol–water partition coefficient (Wildman–Crippen LogP) is 1.47. The van der Waals surface area contributed by atoms with E-state index in [2.05, 4.69) is 0 Å². The molecule has 0 aromatic rings. The molecule has 15 heavy (non-hydrogen) atoms. The minimum absolute atomic E-state index is 0.101. The van der Waals surface area contributed by atoms with E-state index < -0.39 is 23.1 Å². The molecule has 0 aliphatic carbocycles. The molecule has 1 aliphatic heterocycles. The van der Waals surface area contributed by atoms with Crippen LogP contribution in [0.15, 0.2) is 0 Å². The number of ether oxygens (including phenoxy) is 1. The Hall–Kier alpha value is -1.26. The summed E-state index contributed by atoms with van der Waals surface area (Å²) >= 11 is 0. The molecule has 0 radical (unpaired) electrons. The average molecular weight is 215 g/mol. The average Bonchev–Trinajstić information content (AvgIpc) is 2.23. The van der Waals surface area contributed by atoms with Crippen LogP contribution >= 0.6 is 0 Å². The molecule has 0 saturated carbocycles. The maximum atomic E-state index is 11.5. The van der Waals surface area contributed by atoms with Gasteiger partial charge in [-0.3, -0.25) is 9.69 Å². The zero-order valence-corrected chi connectivity index (χ0v) is 9.53. The van der Waals surface area contributed by atoms with Gasteiger partial charge in [-0.05, 0) is 27.7 Å². The highest BCUT2D eigenvalue weighted by molar-refractivity contribution is 5.75. The molecular weight excluding hydrogens is 198 g/mol. The van der Waals surface area contributed by atoms with Crippen molar-refractivity contribution < 1.29 is 19.4 Å². The minimum atomic E-state index is -0.926. The fourth-order valence-electron chi connectivity index (χ4n) is 2.11. The van der Waals surface area contributed by atoms with Crippen molar-refractivity contribution in [2.24, 2.45) is 0 Å². The summed E-state index contributed by atoms with van der Waals surface area (Å²) in [5, 5.41) is 8.82. The predicted molar refractivity (Wildman–Crippen MR) is 53.6 cm³/mol. The molecule has 0 bridgehead atoms. The Morgan fingerprint density at radius 2 is 2.13 bits per heavy atom. The zero-order chi connectivity index (χ0) is 11.9. The van der Waals surface area contributed by atoms with Gasteiger partial charge in [-0.25, -0.2) is 4.79 Å². The van der Waals surface area contributed by atoms with Crippen LogP contribution < -0.4 is 0 Å². The van der Waals surface area contributed by atoms with Crippen LogP contribution in [0.2, 0.25) is 0 Å². The van der Waals surface area contributed by atoms with Crippen LogP contribution in [-0.4, -0.2) is 39.8 Å². The first-order valence-corrected chi connectivity index (χ1v) is 4.86. The van der Waals surface area contributed by atoms with Gasteiger partial charge >= 0.3 is 12.1 Å². The summed E-state index contributed by atoms with van der Waals surface area (Å²) in [6.45, 7) is 7.45. The molecule has 1 fully saturated rings. The number of hydrogen-bond acceptors (Lipinski definition) is 3. The van der Waals surface area contributed by atoms with E-state index in [0.29, 0.717) is 0 Å². The lowest BCUT2D eigenvalue weighted by Gasteiger charge is -2.40. The van der Waals surface area contributed by atoms with Crippen LogP contribution in [-0.2, 0) is 9.53 Å². The maximum absolute atomic E-state index is 11.5. The Balaban J connectivity index is 2.98. The van der Waals surface area contributed by atoms with Crippen LogP contribution in [0, 0.1) is 0 Å². The number of amides is 1. The molecule has 1 amide bonds. The molecule has 0 aromatic heterocycles. The number of rotatable bonds is 2. The van der Waals surface area contributed by atoms with Crippen molar-refractivity contribution in [2.45, 2.75) is 45.2 Å². The van der Waals surface area contributed by atoms with Crippen molar-refractivity contribution in [3.63, 3.8) is 0 Å². The third-order valence-corrected chi connectivity index (χ3v) is 2.43. The van der Waals surface area contributed by atoms with Crippen molar-refractivity contribution >= 4 is 12.1 Å². The van der Waals surface area contributed by atoms with Gasteiger partial charge in [-0.2, -0.15) is 0 Å². The summed E-state index contributed by atoms with van der Waals surface area (Å²) in [7, 11) is 0. The summed E-state index contributed by atoms with van der Waals surface area (Å²) in [6, 6.07) is 0. The Bertz CT molecular complexity index is 294. The fraction of sp³-hybridized carbons (Fsp3) is 0.800. The van der Waals surface area contributed by atoms with Gasteiger partial charge in [0.15, 0.2) is 0 Å². The minimum Gasteiger partial charge on any atom is -0.481 e. The number of nitrogens with zero attached hydrogens (tertiary/aromatic N) is 1. The number of cyclic esters (lactones) is 1. The van der Waals surface area contributed by atoms with E-state index in [-0.39, 0.29) is 13.0 Å². The highest BCUT2D eigenvalue weighted by Gasteiger charge is 2.49. The quantitative estimate of drug-likeness (QED) is 0.757. The standard InChI is InChI=1S/C10H17NO4/c1-9(2,3)11-8(14)15-6-10(11,4)5-7(12)13/h5-6H2,1-4H3,(H,12,13). The van der Waals surface area contributed by atoms with Crippen molar-refractivity contribution in [2.75, 3.05) is 6.61 Å². The molecule has 1 aliphatic rings. The van der Waals surface area contributed by atoms with Crippen LogP contribution in [0.3, 0.4) is 0 Å². The molecule has 0 spiro atoms. The number of carboxylic acids is 1. The summed E-state index contributed by atoms with van der Waals surface area (Å²) in [6.07, 6.45) is -0.540. The van der Waals surface area contributed by atoms with Gasteiger partial charge in [-0.15, -0.1) is 0 Å². The van der Waals surface area contributed by atoms with Crippen molar-refractivity contribution in [1.29, 1.82) is 0 Å². The number of carbonyl (C=O) groups is 2. The van der Waals surface area contributed by atoms with Gasteiger partial charge in [-0.1, -0.05) is 0 Å². The molecule has 1 heterocycles. The Kier molecular flexibility index (Phi) is 2.67. The Morgan fingerprint density at radius 3 is 2.53 bits per heavy atom. The van der Waals surface area contributed by atoms with Crippen molar-refractivity contribution in [3.8, 4) is 0 Å². The molecule has 1 rings (SSSR count). The van der Waals surface area contributed by atoms with Crippen LogP contribution in [0.25, 0.3) is 0 Å². The second-order valence-electron chi connectivity index (χ2n) is 5.13. The third kappa shape index (κ3) is 2.22. The lowest BCUT2D eigenvalue weighted by molar-refractivity contribution is -0.139. The van der Waals surface area contributed by atoms with Crippen LogP contribution in [0.4, 0.5) is 4.79 Å². The second kappa shape index (κ2) is 3.40. The van der Waals surface area contributed by atoms with Crippen LogP contribution in [0.5, 0.6) is 0 Å². The van der Waals surface area contributed by atoms with Crippen molar-refractivity contribution in [3.05, 3.63) is 0 Å². The molecule has 5 heteroatoms. The van der Waals surface area contributed by atoms with Crippen LogP contribution in [0.1, 0.15) is 34.1 Å². The highest BCUT2D eigenvalue weighted by atomic mass is 16.6. The van der Waals surface area contributed by atoms with Gasteiger partial charge in [0.1, 0.15) is 6.61 Å². The van der Waals surface area contributed by atoms with E-state index in [4.69, 9.17) is 9.84 Å². The monoisotopic (exact) mass is 215 g/mol. The van der Waals surface area contributed by atoms with Gasteiger partial charge in [0.05, 0.1) is 12.0 Å². The van der Waals surface area contributed by atoms with E-state index in [1.165, 1.54) is 4.90 Å². The fourth-order valence-corrected chi connectivity index (χ4v) is 2.11. The third-order valence-electron chi connectivity index (χ3n) is 2.43. The summed E-state index contributed by atoms with van der Waals surface area (Å²) in [5.41, 5.74) is -1.18. The molecule has 86 valence electrons. The lowest BCUT2D eigenvalue weighted by atomic mass is 9.92. The summed E-state index contributed by atoms with van der Waals surface area (Å²) < 4.78 is 4.93.